The van der Waals surface area contributed by atoms with Crippen molar-refractivity contribution in [3.05, 3.63) is 60.7 Å². The highest BCUT2D eigenvalue weighted by atomic mass is 28.4. The topological polar surface area (TPSA) is 18.5 Å². The van der Waals surface area contributed by atoms with Crippen LogP contribution in [0.2, 0.25) is 0 Å². The van der Waals surface area contributed by atoms with Crippen molar-refractivity contribution >= 4 is 18.9 Å². The Morgan fingerprint density at radius 1 is 0.846 bits per heavy atom. The molecule has 0 radical (unpaired) electrons. The van der Waals surface area contributed by atoms with Gasteiger partial charge >= 0.3 is 8.56 Å². The number of rotatable bonds is 9. The van der Waals surface area contributed by atoms with Crippen molar-refractivity contribution in [3.8, 4) is 0 Å². The lowest BCUT2D eigenvalue weighted by Gasteiger charge is -2.38. The second-order valence-corrected chi connectivity index (χ2v) is 10.9. The molecule has 0 saturated heterocycles. The summed E-state index contributed by atoms with van der Waals surface area (Å²) in [6.45, 7) is 11.8. The van der Waals surface area contributed by atoms with Crippen LogP contribution in [0, 0.1) is 5.41 Å². The molecule has 1 atom stereocenters. The van der Waals surface area contributed by atoms with Gasteiger partial charge in [-0.3, -0.25) is 0 Å². The molecule has 26 heavy (non-hydrogen) atoms. The van der Waals surface area contributed by atoms with Gasteiger partial charge in [0.05, 0.1) is 0 Å². The zero-order valence-corrected chi connectivity index (χ0v) is 18.0. The number of benzene rings is 2. The summed E-state index contributed by atoms with van der Waals surface area (Å²) in [5, 5.41) is 2.36. The molecule has 0 aliphatic rings. The van der Waals surface area contributed by atoms with Gasteiger partial charge in [0, 0.05) is 12.7 Å². The largest absolute Gasteiger partial charge is 0.407 e. The average Bonchev–Trinajstić information content (AvgIpc) is 2.65. The Morgan fingerprint density at radius 3 is 1.77 bits per heavy atom. The Labute approximate surface area is 160 Å². The highest BCUT2D eigenvalue weighted by Crippen LogP contribution is 2.26. The maximum Gasteiger partial charge on any atom is 0.407 e. The minimum Gasteiger partial charge on any atom is -0.388 e. The van der Waals surface area contributed by atoms with Crippen LogP contribution in [-0.2, 0) is 8.85 Å². The fourth-order valence-electron chi connectivity index (χ4n) is 2.81. The lowest BCUT2D eigenvalue weighted by molar-refractivity contribution is 0.0637. The molecule has 0 bridgehead atoms. The Balaban J connectivity index is 2.48. The van der Waals surface area contributed by atoms with E-state index in [1.165, 1.54) is 23.2 Å². The second kappa shape index (κ2) is 9.49. The zero-order valence-electron chi connectivity index (χ0n) is 17.0. The third-order valence-electron chi connectivity index (χ3n) is 4.92. The van der Waals surface area contributed by atoms with Gasteiger partial charge in [-0.1, -0.05) is 101 Å². The van der Waals surface area contributed by atoms with Gasteiger partial charge < -0.3 is 8.85 Å². The molecule has 0 heterocycles. The monoisotopic (exact) mass is 370 g/mol. The molecule has 0 aromatic heterocycles. The number of hydrogen-bond acceptors (Lipinski definition) is 2. The van der Waals surface area contributed by atoms with Crippen molar-refractivity contribution < 1.29 is 8.85 Å². The summed E-state index contributed by atoms with van der Waals surface area (Å²) in [5.74, 6) is 0. The first kappa shape index (κ1) is 20.9. The van der Waals surface area contributed by atoms with Crippen LogP contribution in [0.25, 0.3) is 0 Å². The lowest BCUT2D eigenvalue weighted by Crippen LogP contribution is -2.65. The van der Waals surface area contributed by atoms with Crippen molar-refractivity contribution in [2.75, 3.05) is 6.61 Å². The summed E-state index contributed by atoms with van der Waals surface area (Å²) in [5.41, 5.74) is 0.0502. The van der Waals surface area contributed by atoms with Gasteiger partial charge in [-0.15, -0.1) is 0 Å². The van der Waals surface area contributed by atoms with Crippen LogP contribution in [0.4, 0.5) is 0 Å². The Kier molecular flexibility index (Phi) is 7.63. The third kappa shape index (κ3) is 5.29. The van der Waals surface area contributed by atoms with Gasteiger partial charge in [0.15, 0.2) is 0 Å². The maximum absolute atomic E-state index is 6.87. The van der Waals surface area contributed by atoms with E-state index in [-0.39, 0.29) is 11.5 Å². The van der Waals surface area contributed by atoms with E-state index in [1.54, 1.807) is 0 Å². The van der Waals surface area contributed by atoms with Crippen LogP contribution >= 0.6 is 0 Å². The highest BCUT2D eigenvalue weighted by Gasteiger charge is 2.45. The molecule has 2 rings (SSSR count). The van der Waals surface area contributed by atoms with Crippen molar-refractivity contribution in [1.82, 2.24) is 0 Å². The molecule has 142 valence electrons. The molecule has 2 aromatic carbocycles. The van der Waals surface area contributed by atoms with Crippen molar-refractivity contribution in [2.45, 2.75) is 60.0 Å². The van der Waals surface area contributed by atoms with Crippen LogP contribution in [0.5, 0.6) is 0 Å². The summed E-state index contributed by atoms with van der Waals surface area (Å²) in [6, 6.07) is 21.1. The van der Waals surface area contributed by atoms with Gasteiger partial charge in [0.25, 0.3) is 0 Å². The van der Waals surface area contributed by atoms with Crippen LogP contribution in [-0.4, -0.2) is 21.3 Å². The van der Waals surface area contributed by atoms with Crippen LogP contribution in [0.1, 0.15) is 53.9 Å². The summed E-state index contributed by atoms with van der Waals surface area (Å²) in [6.07, 6.45) is 3.52. The van der Waals surface area contributed by atoms with Crippen LogP contribution in [0.3, 0.4) is 0 Å². The fourth-order valence-corrected chi connectivity index (χ4v) is 6.36. The van der Waals surface area contributed by atoms with Crippen LogP contribution in [0.15, 0.2) is 60.7 Å². The predicted molar refractivity (Wildman–Crippen MR) is 113 cm³/mol. The Hall–Kier alpha value is -1.42. The average molecular weight is 371 g/mol. The summed E-state index contributed by atoms with van der Waals surface area (Å²) in [4.78, 5) is 0. The van der Waals surface area contributed by atoms with Crippen LogP contribution < -0.4 is 10.4 Å². The van der Waals surface area contributed by atoms with E-state index in [0.717, 1.165) is 13.0 Å². The minimum absolute atomic E-state index is 0.0502. The summed E-state index contributed by atoms with van der Waals surface area (Å²) in [7, 11) is -2.77. The molecular weight excluding hydrogens is 336 g/mol. The Bertz CT molecular complexity index is 595. The summed E-state index contributed by atoms with van der Waals surface area (Å²) < 4.78 is 13.6. The number of hydrogen-bond donors (Lipinski definition) is 0. The van der Waals surface area contributed by atoms with E-state index in [9.17, 15) is 0 Å². The van der Waals surface area contributed by atoms with E-state index in [4.69, 9.17) is 8.85 Å². The SMILES string of the molecule is CCCCCO[Si](OC(C)C(C)(C)C)(c1ccccc1)c1ccccc1. The molecule has 3 heteroatoms. The van der Waals surface area contributed by atoms with E-state index >= 15 is 0 Å². The van der Waals surface area contributed by atoms with E-state index < -0.39 is 8.56 Å². The molecule has 2 nitrogen and oxygen atoms in total. The molecular formula is C23H34O2Si. The first-order valence-electron chi connectivity index (χ1n) is 9.83. The van der Waals surface area contributed by atoms with Gasteiger partial charge in [-0.2, -0.15) is 0 Å². The molecule has 0 aliphatic heterocycles. The molecule has 0 spiro atoms. The molecule has 0 amide bonds. The zero-order chi connectivity index (χ0) is 19.0. The van der Waals surface area contributed by atoms with E-state index in [0.29, 0.717) is 0 Å². The van der Waals surface area contributed by atoms with Crippen molar-refractivity contribution in [3.63, 3.8) is 0 Å². The first-order valence-corrected chi connectivity index (χ1v) is 11.6. The standard InChI is InChI=1S/C23H34O2Si/c1-6-7-14-19-24-26(21-15-10-8-11-16-21,22-17-12-9-13-18-22)25-20(2)23(3,4)5/h8-13,15-18,20H,6-7,14,19H2,1-5H3. The second-order valence-electron chi connectivity index (χ2n) is 8.03. The first-order chi connectivity index (χ1) is 12.4. The summed E-state index contributed by atoms with van der Waals surface area (Å²) >= 11 is 0. The van der Waals surface area contributed by atoms with Crippen molar-refractivity contribution in [2.24, 2.45) is 5.41 Å². The Morgan fingerprint density at radius 2 is 1.35 bits per heavy atom. The van der Waals surface area contributed by atoms with Gasteiger partial charge in [0.2, 0.25) is 0 Å². The minimum atomic E-state index is -2.77. The molecule has 0 saturated carbocycles. The van der Waals surface area contributed by atoms with Gasteiger partial charge in [0.1, 0.15) is 0 Å². The maximum atomic E-state index is 6.87. The van der Waals surface area contributed by atoms with Gasteiger partial charge in [-0.05, 0) is 29.1 Å². The molecule has 0 aliphatic carbocycles. The quantitative estimate of drug-likeness (QED) is 0.462. The van der Waals surface area contributed by atoms with E-state index in [1.807, 2.05) is 0 Å². The molecule has 1 unspecified atom stereocenters. The molecule has 2 aromatic rings. The van der Waals surface area contributed by atoms with Crippen molar-refractivity contribution in [1.29, 1.82) is 0 Å². The molecule has 0 N–H and O–H groups in total. The third-order valence-corrected chi connectivity index (χ3v) is 8.41. The smallest absolute Gasteiger partial charge is 0.388 e. The normalized spacial score (nSPS) is 13.6. The number of unbranched alkanes of at least 4 members (excludes halogenated alkanes) is 2. The highest BCUT2D eigenvalue weighted by molar-refractivity contribution is 6.92. The lowest BCUT2D eigenvalue weighted by atomic mass is 9.91. The predicted octanol–water partition coefficient (Wildman–Crippen LogP) is 4.90. The van der Waals surface area contributed by atoms with E-state index in [2.05, 4.69) is 95.3 Å². The van der Waals surface area contributed by atoms with Gasteiger partial charge in [-0.25, -0.2) is 0 Å². The molecule has 0 fully saturated rings. The fraction of sp³-hybridized carbons (Fsp3) is 0.478.